The standard InChI is InChI=1S/C8H4Br2ClNO.C8H6ClNO/c9-8(10)6(13)3-5-7(8)4(11)1-2-12-5;9-7-1-2-10-8-4-5(11)3-6(7)8/h1-2H,3H2;1-2H,3-4H2. The fourth-order valence-electron chi connectivity index (χ4n) is 2.64. The van der Waals surface area contributed by atoms with Crippen molar-refractivity contribution in [2.24, 2.45) is 0 Å². The molecule has 0 fully saturated rings. The molecular formula is C16H10Br2Cl2N2O2. The van der Waals surface area contributed by atoms with Crippen LogP contribution in [0.15, 0.2) is 24.5 Å². The van der Waals surface area contributed by atoms with Crippen LogP contribution in [0.4, 0.5) is 0 Å². The van der Waals surface area contributed by atoms with Crippen LogP contribution in [0.3, 0.4) is 0 Å². The Labute approximate surface area is 165 Å². The van der Waals surface area contributed by atoms with Crippen LogP contribution in [0.2, 0.25) is 10.0 Å². The van der Waals surface area contributed by atoms with Crippen LogP contribution < -0.4 is 0 Å². The van der Waals surface area contributed by atoms with Crippen LogP contribution in [0, 0.1) is 0 Å². The topological polar surface area (TPSA) is 59.9 Å². The van der Waals surface area contributed by atoms with E-state index in [-0.39, 0.29) is 11.6 Å². The van der Waals surface area contributed by atoms with E-state index >= 15 is 0 Å². The van der Waals surface area contributed by atoms with Gasteiger partial charge in [0, 0.05) is 46.4 Å². The van der Waals surface area contributed by atoms with Gasteiger partial charge in [-0.3, -0.25) is 19.6 Å². The first-order valence-electron chi connectivity index (χ1n) is 6.99. The quantitative estimate of drug-likeness (QED) is 0.517. The third-order valence-electron chi connectivity index (χ3n) is 3.80. The minimum atomic E-state index is -0.833. The van der Waals surface area contributed by atoms with E-state index in [0.717, 1.165) is 22.5 Å². The molecule has 0 unspecified atom stereocenters. The number of hydrogen-bond donors (Lipinski definition) is 0. The number of carbonyl (C=O) groups is 2. The SMILES string of the molecule is O=C1Cc2nccc(Cl)c2C1.O=C1Cc2nccc(Cl)c2C1(Br)Br. The number of carbonyl (C=O) groups excluding carboxylic acids is 2. The van der Waals surface area contributed by atoms with Crippen LogP contribution in [0.5, 0.6) is 0 Å². The molecule has 24 heavy (non-hydrogen) atoms. The molecule has 0 saturated carbocycles. The van der Waals surface area contributed by atoms with Crippen molar-refractivity contribution in [1.29, 1.82) is 0 Å². The number of nitrogens with zero attached hydrogens (tertiary/aromatic N) is 2. The van der Waals surface area contributed by atoms with Gasteiger partial charge in [0.1, 0.15) is 5.78 Å². The summed E-state index contributed by atoms with van der Waals surface area (Å²) in [6.07, 6.45) is 4.49. The number of aromatic nitrogens is 2. The van der Waals surface area contributed by atoms with E-state index < -0.39 is 3.23 Å². The van der Waals surface area contributed by atoms with Crippen LogP contribution in [0.25, 0.3) is 0 Å². The van der Waals surface area contributed by atoms with Gasteiger partial charge >= 0.3 is 0 Å². The van der Waals surface area contributed by atoms with Crippen molar-refractivity contribution in [2.75, 3.05) is 0 Å². The molecule has 2 aromatic rings. The van der Waals surface area contributed by atoms with E-state index in [1.54, 1.807) is 24.5 Å². The van der Waals surface area contributed by atoms with Crippen molar-refractivity contribution in [3.8, 4) is 0 Å². The lowest BCUT2D eigenvalue weighted by atomic mass is 10.2. The van der Waals surface area contributed by atoms with Crippen LogP contribution in [0.1, 0.15) is 22.5 Å². The van der Waals surface area contributed by atoms with Gasteiger partial charge in [0.25, 0.3) is 0 Å². The summed E-state index contributed by atoms with van der Waals surface area (Å²) in [5, 5.41) is 1.23. The fraction of sp³-hybridized carbons (Fsp3) is 0.250. The highest BCUT2D eigenvalue weighted by atomic mass is 79.9. The Balaban J connectivity index is 0.000000143. The van der Waals surface area contributed by atoms with E-state index in [4.69, 9.17) is 23.2 Å². The zero-order chi connectivity index (χ0) is 17.5. The van der Waals surface area contributed by atoms with Gasteiger partial charge in [0.15, 0.2) is 9.02 Å². The molecule has 4 rings (SSSR count). The first-order chi connectivity index (χ1) is 11.3. The van der Waals surface area contributed by atoms with E-state index in [2.05, 4.69) is 41.8 Å². The van der Waals surface area contributed by atoms with E-state index in [1.807, 2.05) is 0 Å². The van der Waals surface area contributed by atoms with Gasteiger partial charge in [0.2, 0.25) is 0 Å². The molecule has 0 atom stereocenters. The third kappa shape index (κ3) is 3.29. The predicted molar refractivity (Wildman–Crippen MR) is 99.2 cm³/mol. The number of pyridine rings is 2. The lowest BCUT2D eigenvalue weighted by Gasteiger charge is -2.13. The number of rotatable bonds is 0. The van der Waals surface area contributed by atoms with Gasteiger partial charge in [-0.1, -0.05) is 55.1 Å². The van der Waals surface area contributed by atoms with Crippen molar-refractivity contribution in [3.63, 3.8) is 0 Å². The largest absolute Gasteiger partial charge is 0.299 e. The maximum Gasteiger partial charge on any atom is 0.170 e. The summed E-state index contributed by atoms with van der Waals surface area (Å²) < 4.78 is -0.833. The zero-order valence-electron chi connectivity index (χ0n) is 12.2. The Kier molecular flexibility index (Phi) is 5.12. The van der Waals surface area contributed by atoms with Gasteiger partial charge in [-0.2, -0.15) is 0 Å². The molecule has 2 heterocycles. The minimum Gasteiger partial charge on any atom is -0.299 e. The van der Waals surface area contributed by atoms with Gasteiger partial charge in [-0.15, -0.1) is 0 Å². The highest BCUT2D eigenvalue weighted by molar-refractivity contribution is 9.25. The summed E-state index contributed by atoms with van der Waals surface area (Å²) in [4.78, 5) is 30.6. The van der Waals surface area contributed by atoms with Gasteiger partial charge in [-0.25, -0.2) is 0 Å². The average molecular weight is 493 g/mol. The molecule has 2 aliphatic rings. The van der Waals surface area contributed by atoms with Gasteiger partial charge in [-0.05, 0) is 12.1 Å². The highest BCUT2D eigenvalue weighted by Gasteiger charge is 2.44. The number of halogens is 4. The second-order valence-corrected chi connectivity index (χ2v) is 9.66. The maximum absolute atomic E-state index is 11.5. The molecule has 124 valence electrons. The number of alkyl halides is 2. The minimum absolute atomic E-state index is 0.0306. The highest BCUT2D eigenvalue weighted by Crippen LogP contribution is 2.48. The van der Waals surface area contributed by atoms with E-state index in [0.29, 0.717) is 29.3 Å². The second-order valence-electron chi connectivity index (χ2n) is 5.40. The normalized spacial score (nSPS) is 17.2. The predicted octanol–water partition coefficient (Wildman–Crippen LogP) is 4.21. The summed E-state index contributed by atoms with van der Waals surface area (Å²) in [6, 6.07) is 3.40. The molecule has 8 heteroatoms. The maximum atomic E-state index is 11.5. The second kappa shape index (κ2) is 6.83. The van der Waals surface area contributed by atoms with Crippen molar-refractivity contribution >= 4 is 66.6 Å². The van der Waals surface area contributed by atoms with Crippen LogP contribution in [-0.4, -0.2) is 21.5 Å². The summed E-state index contributed by atoms with van der Waals surface area (Å²) >= 11 is 18.4. The van der Waals surface area contributed by atoms with Crippen molar-refractivity contribution in [3.05, 3.63) is 57.1 Å². The molecule has 0 saturated heterocycles. The van der Waals surface area contributed by atoms with Crippen LogP contribution in [-0.2, 0) is 32.1 Å². The fourth-order valence-corrected chi connectivity index (χ4v) is 4.57. The average Bonchev–Trinajstić information content (AvgIpc) is 2.99. The lowest BCUT2D eigenvalue weighted by molar-refractivity contribution is -0.118. The number of ketones is 2. The Morgan fingerprint density at radius 2 is 1.54 bits per heavy atom. The summed E-state index contributed by atoms with van der Waals surface area (Å²) in [6.45, 7) is 0. The summed E-state index contributed by atoms with van der Waals surface area (Å²) in [5.41, 5.74) is 3.24. The zero-order valence-corrected chi connectivity index (χ0v) is 16.8. The molecule has 0 aliphatic heterocycles. The molecule has 2 aromatic heterocycles. The summed E-state index contributed by atoms with van der Waals surface area (Å²) in [7, 11) is 0. The first kappa shape index (κ1) is 18.0. The Morgan fingerprint density at radius 1 is 0.917 bits per heavy atom. The van der Waals surface area contributed by atoms with Gasteiger partial charge < -0.3 is 0 Å². The van der Waals surface area contributed by atoms with Crippen molar-refractivity contribution in [2.45, 2.75) is 22.5 Å². The Hall–Kier alpha value is -0.820. The molecule has 0 aromatic carbocycles. The molecule has 0 spiro atoms. The van der Waals surface area contributed by atoms with E-state index in [1.165, 1.54) is 0 Å². The monoisotopic (exact) mass is 490 g/mol. The molecule has 0 radical (unpaired) electrons. The van der Waals surface area contributed by atoms with Crippen molar-refractivity contribution < 1.29 is 9.59 Å². The number of fused-ring (bicyclic) bond motifs is 2. The molecule has 0 amide bonds. The molecule has 4 nitrogen and oxygen atoms in total. The molecule has 0 bridgehead atoms. The summed E-state index contributed by atoms with van der Waals surface area (Å²) in [5.74, 6) is 0.240. The van der Waals surface area contributed by atoms with Gasteiger partial charge in [0.05, 0.1) is 17.8 Å². The molecule has 0 N–H and O–H groups in total. The first-order valence-corrected chi connectivity index (χ1v) is 9.34. The third-order valence-corrected chi connectivity index (χ3v) is 6.14. The van der Waals surface area contributed by atoms with Crippen molar-refractivity contribution in [1.82, 2.24) is 9.97 Å². The molecular weight excluding hydrogens is 483 g/mol. The number of hydrogen-bond acceptors (Lipinski definition) is 4. The Bertz CT molecular complexity index is 856. The lowest BCUT2D eigenvalue weighted by Crippen LogP contribution is -2.16. The van der Waals surface area contributed by atoms with Crippen LogP contribution >= 0.6 is 55.1 Å². The Morgan fingerprint density at radius 3 is 2.17 bits per heavy atom. The smallest absolute Gasteiger partial charge is 0.170 e. The van der Waals surface area contributed by atoms with E-state index in [9.17, 15) is 9.59 Å². The number of Topliss-reactive ketones (excluding diaryl/α,β-unsaturated/α-hetero) is 2. The molecule has 2 aliphatic carbocycles.